The van der Waals surface area contributed by atoms with Gasteiger partial charge in [0.05, 0.1) is 11.4 Å². The highest BCUT2D eigenvalue weighted by Crippen LogP contribution is 2.18. The zero-order valence-electron chi connectivity index (χ0n) is 11.3. The number of aryl methyl sites for hydroxylation is 1. The molecule has 1 aromatic rings. The first-order chi connectivity index (χ1) is 8.99. The standard InChI is InChI=1S/C13H19N3O3/c1-8-12(13(18)19)9(2)16(15-8)7-11(17)14-10-5-3-4-6-10/h10H,3-7H2,1-2H3,(H,14,17)(H,18,19). The molecule has 1 aliphatic rings. The molecule has 1 aromatic heterocycles. The highest BCUT2D eigenvalue weighted by molar-refractivity contribution is 5.90. The number of aromatic nitrogens is 2. The summed E-state index contributed by atoms with van der Waals surface area (Å²) < 4.78 is 1.46. The maximum atomic E-state index is 11.9. The van der Waals surface area contributed by atoms with Crippen LogP contribution in [0.5, 0.6) is 0 Å². The van der Waals surface area contributed by atoms with Crippen LogP contribution in [0.3, 0.4) is 0 Å². The van der Waals surface area contributed by atoms with Crippen molar-refractivity contribution in [2.24, 2.45) is 0 Å². The third kappa shape index (κ3) is 2.94. The third-order valence-corrected chi connectivity index (χ3v) is 3.61. The van der Waals surface area contributed by atoms with E-state index >= 15 is 0 Å². The van der Waals surface area contributed by atoms with Gasteiger partial charge in [0.1, 0.15) is 12.1 Å². The van der Waals surface area contributed by atoms with Crippen LogP contribution in [0.25, 0.3) is 0 Å². The Labute approximate surface area is 111 Å². The number of aromatic carboxylic acids is 1. The summed E-state index contributed by atoms with van der Waals surface area (Å²) in [6.45, 7) is 3.39. The number of carboxylic acid groups (broad SMARTS) is 1. The quantitative estimate of drug-likeness (QED) is 0.858. The van der Waals surface area contributed by atoms with Gasteiger partial charge in [-0.15, -0.1) is 0 Å². The van der Waals surface area contributed by atoms with Crippen molar-refractivity contribution >= 4 is 11.9 Å². The second-order valence-corrected chi connectivity index (χ2v) is 5.06. The zero-order valence-corrected chi connectivity index (χ0v) is 11.3. The number of carbonyl (C=O) groups is 2. The Morgan fingerprint density at radius 1 is 1.37 bits per heavy atom. The van der Waals surface area contributed by atoms with Gasteiger partial charge in [0.25, 0.3) is 0 Å². The number of carbonyl (C=O) groups excluding carboxylic acids is 1. The molecule has 1 saturated carbocycles. The molecular weight excluding hydrogens is 246 g/mol. The van der Waals surface area contributed by atoms with Crippen LogP contribution in [0.15, 0.2) is 0 Å². The van der Waals surface area contributed by atoms with Gasteiger partial charge in [0.15, 0.2) is 0 Å². The van der Waals surface area contributed by atoms with Crippen molar-refractivity contribution in [3.05, 3.63) is 17.0 Å². The zero-order chi connectivity index (χ0) is 14.0. The van der Waals surface area contributed by atoms with Crippen LogP contribution in [0.1, 0.15) is 47.4 Å². The van der Waals surface area contributed by atoms with Crippen molar-refractivity contribution in [1.29, 1.82) is 0 Å². The van der Waals surface area contributed by atoms with Crippen LogP contribution in [0, 0.1) is 13.8 Å². The van der Waals surface area contributed by atoms with Crippen molar-refractivity contribution < 1.29 is 14.7 Å². The topological polar surface area (TPSA) is 84.2 Å². The summed E-state index contributed by atoms with van der Waals surface area (Å²) in [5.41, 5.74) is 1.15. The summed E-state index contributed by atoms with van der Waals surface area (Å²) in [5, 5.41) is 16.2. The van der Waals surface area contributed by atoms with Gasteiger partial charge in [-0.05, 0) is 26.7 Å². The molecule has 0 aromatic carbocycles. The van der Waals surface area contributed by atoms with Crippen LogP contribution in [0.4, 0.5) is 0 Å². The highest BCUT2D eigenvalue weighted by Gasteiger charge is 2.21. The first-order valence-electron chi connectivity index (χ1n) is 6.55. The molecule has 104 valence electrons. The van der Waals surface area contributed by atoms with E-state index in [1.54, 1.807) is 13.8 Å². The molecule has 0 unspecified atom stereocenters. The summed E-state index contributed by atoms with van der Waals surface area (Å²) in [6.07, 6.45) is 4.38. The maximum Gasteiger partial charge on any atom is 0.339 e. The molecule has 1 fully saturated rings. The van der Waals surface area contributed by atoms with E-state index in [-0.39, 0.29) is 24.1 Å². The lowest BCUT2D eigenvalue weighted by Crippen LogP contribution is -2.35. The lowest BCUT2D eigenvalue weighted by atomic mass is 10.2. The monoisotopic (exact) mass is 265 g/mol. The van der Waals surface area contributed by atoms with E-state index in [1.165, 1.54) is 4.68 Å². The summed E-state index contributed by atoms with van der Waals surface area (Å²) in [4.78, 5) is 23.0. The molecule has 1 amide bonds. The molecule has 0 spiro atoms. The molecule has 6 heteroatoms. The highest BCUT2D eigenvalue weighted by atomic mass is 16.4. The molecule has 6 nitrogen and oxygen atoms in total. The fourth-order valence-electron chi connectivity index (χ4n) is 2.64. The Morgan fingerprint density at radius 2 is 2.00 bits per heavy atom. The lowest BCUT2D eigenvalue weighted by molar-refractivity contribution is -0.122. The van der Waals surface area contributed by atoms with Crippen LogP contribution < -0.4 is 5.32 Å². The number of nitrogens with one attached hydrogen (secondary N) is 1. The van der Waals surface area contributed by atoms with E-state index in [4.69, 9.17) is 5.11 Å². The van der Waals surface area contributed by atoms with Gasteiger partial charge < -0.3 is 10.4 Å². The van der Waals surface area contributed by atoms with E-state index in [0.717, 1.165) is 25.7 Å². The summed E-state index contributed by atoms with van der Waals surface area (Å²) in [7, 11) is 0. The minimum Gasteiger partial charge on any atom is -0.478 e. The van der Waals surface area contributed by atoms with E-state index in [1.807, 2.05) is 0 Å². The lowest BCUT2D eigenvalue weighted by Gasteiger charge is -2.12. The van der Waals surface area contributed by atoms with Gasteiger partial charge in [-0.3, -0.25) is 9.48 Å². The summed E-state index contributed by atoms with van der Waals surface area (Å²) in [5.74, 6) is -1.10. The Morgan fingerprint density at radius 3 is 2.53 bits per heavy atom. The molecule has 0 aliphatic heterocycles. The second kappa shape index (κ2) is 5.42. The van der Waals surface area contributed by atoms with Gasteiger partial charge >= 0.3 is 5.97 Å². The van der Waals surface area contributed by atoms with Crippen LogP contribution in [0.2, 0.25) is 0 Å². The first-order valence-corrected chi connectivity index (χ1v) is 6.55. The van der Waals surface area contributed by atoms with E-state index in [9.17, 15) is 9.59 Å². The molecule has 0 radical (unpaired) electrons. The number of carboxylic acids is 1. The predicted octanol–water partition coefficient (Wildman–Crippen LogP) is 1.26. The van der Waals surface area contributed by atoms with Crippen LogP contribution in [-0.4, -0.2) is 32.8 Å². The smallest absolute Gasteiger partial charge is 0.339 e. The van der Waals surface area contributed by atoms with Gasteiger partial charge in [-0.2, -0.15) is 5.10 Å². The van der Waals surface area contributed by atoms with Crippen LogP contribution in [-0.2, 0) is 11.3 Å². The Bertz CT molecular complexity index is 501. The fraction of sp³-hybridized carbons (Fsp3) is 0.615. The number of amides is 1. The number of hydrogen-bond donors (Lipinski definition) is 2. The Kier molecular flexibility index (Phi) is 3.87. The molecule has 1 heterocycles. The third-order valence-electron chi connectivity index (χ3n) is 3.61. The number of hydrogen-bond acceptors (Lipinski definition) is 3. The van der Waals surface area contributed by atoms with Crippen molar-refractivity contribution in [3.63, 3.8) is 0 Å². The average Bonchev–Trinajstić information content (AvgIpc) is 2.88. The molecule has 0 atom stereocenters. The second-order valence-electron chi connectivity index (χ2n) is 5.06. The molecule has 2 rings (SSSR count). The SMILES string of the molecule is Cc1nn(CC(=O)NC2CCCC2)c(C)c1C(=O)O. The molecule has 2 N–H and O–H groups in total. The fourth-order valence-corrected chi connectivity index (χ4v) is 2.64. The normalized spacial score (nSPS) is 15.7. The summed E-state index contributed by atoms with van der Waals surface area (Å²) >= 11 is 0. The van der Waals surface area contributed by atoms with Gasteiger partial charge in [0.2, 0.25) is 5.91 Å². The number of rotatable bonds is 4. The number of nitrogens with zero attached hydrogens (tertiary/aromatic N) is 2. The minimum atomic E-state index is -1.00. The molecular formula is C13H19N3O3. The van der Waals surface area contributed by atoms with E-state index < -0.39 is 5.97 Å². The molecule has 0 bridgehead atoms. The van der Waals surface area contributed by atoms with Crippen molar-refractivity contribution in [2.75, 3.05) is 0 Å². The maximum absolute atomic E-state index is 11.9. The van der Waals surface area contributed by atoms with Crippen molar-refractivity contribution in [1.82, 2.24) is 15.1 Å². The predicted molar refractivity (Wildman–Crippen MR) is 69.1 cm³/mol. The minimum absolute atomic E-state index is 0.0798. The largest absolute Gasteiger partial charge is 0.478 e. The summed E-state index contributed by atoms with van der Waals surface area (Å²) in [6, 6.07) is 0.267. The first kappa shape index (κ1) is 13.6. The van der Waals surface area contributed by atoms with Gasteiger partial charge in [-0.25, -0.2) is 4.79 Å². The van der Waals surface area contributed by atoms with Gasteiger partial charge in [0, 0.05) is 6.04 Å². The molecule has 0 saturated heterocycles. The van der Waals surface area contributed by atoms with E-state index in [2.05, 4.69) is 10.4 Å². The average molecular weight is 265 g/mol. The molecule has 19 heavy (non-hydrogen) atoms. The molecule has 1 aliphatic carbocycles. The van der Waals surface area contributed by atoms with Crippen molar-refractivity contribution in [2.45, 2.75) is 52.1 Å². The van der Waals surface area contributed by atoms with Crippen molar-refractivity contribution in [3.8, 4) is 0 Å². The Balaban J connectivity index is 2.04. The van der Waals surface area contributed by atoms with Gasteiger partial charge in [-0.1, -0.05) is 12.8 Å². The Hall–Kier alpha value is -1.85. The van der Waals surface area contributed by atoms with E-state index in [0.29, 0.717) is 11.4 Å². The van der Waals surface area contributed by atoms with Crippen LogP contribution >= 0.6 is 0 Å².